The minimum atomic E-state index is 0.791. The van der Waals surface area contributed by atoms with E-state index in [-0.39, 0.29) is 0 Å². The first-order chi connectivity index (χ1) is 10.6. The highest BCUT2D eigenvalue weighted by Crippen LogP contribution is 2.35. The number of hydrogen-bond donors (Lipinski definition) is 1. The number of anilines is 2. The van der Waals surface area contributed by atoms with E-state index in [4.69, 9.17) is 17.3 Å². The topological polar surface area (TPSA) is 29.3 Å². The fraction of sp³-hybridized carbons (Fsp3) is 0.368. The number of nitrogens with two attached hydrogens (primary N) is 1. The Labute approximate surface area is 137 Å². The summed E-state index contributed by atoms with van der Waals surface area (Å²) in [4.78, 5) is 2.49. The van der Waals surface area contributed by atoms with Gasteiger partial charge in [-0.05, 0) is 73.6 Å². The molecule has 2 N–H and O–H groups in total. The van der Waals surface area contributed by atoms with E-state index in [9.17, 15) is 0 Å². The first-order valence-electron chi connectivity index (χ1n) is 7.94. The number of benzene rings is 2. The molecule has 0 atom stereocenters. The maximum atomic E-state index is 6.24. The first kappa shape index (κ1) is 15.2. The minimum absolute atomic E-state index is 0.791. The van der Waals surface area contributed by atoms with Crippen molar-refractivity contribution in [2.24, 2.45) is 0 Å². The lowest BCUT2D eigenvalue weighted by atomic mass is 9.97. The Kier molecular flexibility index (Phi) is 4.30. The van der Waals surface area contributed by atoms with E-state index in [1.165, 1.54) is 40.8 Å². The minimum Gasteiger partial charge on any atom is -0.398 e. The van der Waals surface area contributed by atoms with Crippen molar-refractivity contribution in [1.29, 1.82) is 0 Å². The van der Waals surface area contributed by atoms with Gasteiger partial charge in [-0.1, -0.05) is 23.7 Å². The number of nitrogens with zero attached hydrogens (tertiary/aromatic N) is 1. The SMILES string of the molecule is Cc1cc2c(c(C)c1N)CCCCN2Cc1ccc(Cl)cc1. The van der Waals surface area contributed by atoms with Crippen LogP contribution in [-0.2, 0) is 13.0 Å². The molecule has 1 aliphatic heterocycles. The summed E-state index contributed by atoms with van der Waals surface area (Å²) in [7, 11) is 0. The molecule has 3 rings (SSSR count). The Morgan fingerprint density at radius 3 is 2.59 bits per heavy atom. The summed E-state index contributed by atoms with van der Waals surface area (Å²) in [5.74, 6) is 0. The summed E-state index contributed by atoms with van der Waals surface area (Å²) in [6.07, 6.45) is 3.58. The number of nitrogen functional groups attached to an aromatic ring is 1. The van der Waals surface area contributed by atoms with Gasteiger partial charge < -0.3 is 10.6 Å². The van der Waals surface area contributed by atoms with Gasteiger partial charge in [0, 0.05) is 29.5 Å². The van der Waals surface area contributed by atoms with Gasteiger partial charge >= 0.3 is 0 Å². The Hall–Kier alpha value is -1.67. The highest BCUT2D eigenvalue weighted by Gasteiger charge is 2.19. The van der Waals surface area contributed by atoms with E-state index in [2.05, 4.69) is 36.9 Å². The van der Waals surface area contributed by atoms with Gasteiger partial charge in [-0.3, -0.25) is 0 Å². The van der Waals surface area contributed by atoms with Gasteiger partial charge in [0.2, 0.25) is 0 Å². The average Bonchev–Trinajstić information content (AvgIpc) is 2.70. The van der Waals surface area contributed by atoms with Gasteiger partial charge in [0.15, 0.2) is 0 Å². The molecule has 0 aromatic heterocycles. The van der Waals surface area contributed by atoms with Crippen LogP contribution in [0.3, 0.4) is 0 Å². The summed E-state index contributed by atoms with van der Waals surface area (Å²) < 4.78 is 0. The van der Waals surface area contributed by atoms with Crippen molar-refractivity contribution in [3.05, 3.63) is 57.6 Å². The van der Waals surface area contributed by atoms with Gasteiger partial charge in [-0.15, -0.1) is 0 Å². The Balaban J connectivity index is 1.98. The normalized spacial score (nSPS) is 14.6. The summed E-state index contributed by atoms with van der Waals surface area (Å²) in [5.41, 5.74) is 13.7. The lowest BCUT2D eigenvalue weighted by Gasteiger charge is -2.27. The molecule has 3 heteroatoms. The summed E-state index contributed by atoms with van der Waals surface area (Å²) in [6, 6.07) is 10.4. The summed E-state index contributed by atoms with van der Waals surface area (Å²) in [5, 5.41) is 0.791. The van der Waals surface area contributed by atoms with Crippen LogP contribution >= 0.6 is 11.6 Å². The molecule has 0 amide bonds. The molecular weight excluding hydrogens is 292 g/mol. The molecule has 1 aliphatic rings. The molecule has 2 nitrogen and oxygen atoms in total. The second-order valence-electron chi connectivity index (χ2n) is 6.23. The lowest BCUT2D eigenvalue weighted by molar-refractivity contribution is 0.714. The number of rotatable bonds is 2. The number of fused-ring (bicyclic) bond motifs is 1. The van der Waals surface area contributed by atoms with Crippen LogP contribution in [0, 0.1) is 13.8 Å². The van der Waals surface area contributed by atoms with E-state index >= 15 is 0 Å². The zero-order valence-corrected chi connectivity index (χ0v) is 14.1. The summed E-state index contributed by atoms with van der Waals surface area (Å²) >= 11 is 5.99. The van der Waals surface area contributed by atoms with Gasteiger partial charge in [0.1, 0.15) is 0 Å². The van der Waals surface area contributed by atoms with Gasteiger partial charge in [0.25, 0.3) is 0 Å². The van der Waals surface area contributed by atoms with Crippen molar-refractivity contribution in [2.75, 3.05) is 17.2 Å². The van der Waals surface area contributed by atoms with Crippen LogP contribution in [-0.4, -0.2) is 6.54 Å². The van der Waals surface area contributed by atoms with Crippen LogP contribution < -0.4 is 10.6 Å². The second kappa shape index (κ2) is 6.21. The Bertz CT molecular complexity index is 677. The molecule has 0 aliphatic carbocycles. The fourth-order valence-electron chi connectivity index (χ4n) is 3.32. The van der Waals surface area contributed by atoms with Crippen molar-refractivity contribution in [2.45, 2.75) is 39.7 Å². The highest BCUT2D eigenvalue weighted by atomic mass is 35.5. The van der Waals surface area contributed by atoms with E-state index in [1.807, 2.05) is 12.1 Å². The van der Waals surface area contributed by atoms with Crippen LogP contribution in [0.25, 0.3) is 0 Å². The van der Waals surface area contributed by atoms with Crippen LogP contribution in [0.2, 0.25) is 5.02 Å². The lowest BCUT2D eigenvalue weighted by Crippen LogP contribution is -2.24. The standard InChI is InChI=1S/C19H23ClN2/c1-13-11-18-17(14(2)19(13)21)5-3-4-10-22(18)12-15-6-8-16(20)9-7-15/h6-9,11H,3-5,10,12,21H2,1-2H3. The van der Waals surface area contributed by atoms with Crippen LogP contribution in [0.15, 0.2) is 30.3 Å². The zero-order chi connectivity index (χ0) is 15.7. The van der Waals surface area contributed by atoms with Crippen LogP contribution in [0.4, 0.5) is 11.4 Å². The molecule has 0 unspecified atom stereocenters. The second-order valence-corrected chi connectivity index (χ2v) is 6.67. The van der Waals surface area contributed by atoms with Gasteiger partial charge in [-0.25, -0.2) is 0 Å². The van der Waals surface area contributed by atoms with Gasteiger partial charge in [-0.2, -0.15) is 0 Å². The molecule has 2 aromatic carbocycles. The molecule has 116 valence electrons. The molecule has 0 saturated carbocycles. The molecule has 2 aromatic rings. The van der Waals surface area contributed by atoms with Crippen LogP contribution in [0.1, 0.15) is 35.1 Å². The fourth-order valence-corrected chi connectivity index (χ4v) is 3.44. The monoisotopic (exact) mass is 314 g/mol. The van der Waals surface area contributed by atoms with Crippen molar-refractivity contribution in [1.82, 2.24) is 0 Å². The summed E-state index contributed by atoms with van der Waals surface area (Å²) in [6.45, 7) is 6.28. The zero-order valence-electron chi connectivity index (χ0n) is 13.3. The number of halogens is 1. The number of hydrogen-bond acceptors (Lipinski definition) is 2. The largest absolute Gasteiger partial charge is 0.398 e. The molecule has 0 saturated heterocycles. The Morgan fingerprint density at radius 2 is 1.86 bits per heavy atom. The van der Waals surface area contributed by atoms with Gasteiger partial charge in [0.05, 0.1) is 0 Å². The third-order valence-corrected chi connectivity index (χ3v) is 4.93. The molecule has 0 spiro atoms. The average molecular weight is 315 g/mol. The molecule has 1 heterocycles. The molecule has 22 heavy (non-hydrogen) atoms. The molecule has 0 radical (unpaired) electrons. The third kappa shape index (κ3) is 2.93. The van der Waals surface area contributed by atoms with E-state index in [0.717, 1.165) is 30.2 Å². The predicted octanol–water partition coefficient (Wildman–Crippen LogP) is 4.88. The van der Waals surface area contributed by atoms with E-state index < -0.39 is 0 Å². The number of aryl methyl sites for hydroxylation is 1. The Morgan fingerprint density at radius 1 is 1.14 bits per heavy atom. The predicted molar refractivity (Wildman–Crippen MR) is 95.8 cm³/mol. The maximum Gasteiger partial charge on any atom is 0.0429 e. The van der Waals surface area contributed by atoms with Crippen molar-refractivity contribution < 1.29 is 0 Å². The van der Waals surface area contributed by atoms with Crippen molar-refractivity contribution in [3.63, 3.8) is 0 Å². The highest BCUT2D eigenvalue weighted by molar-refractivity contribution is 6.30. The van der Waals surface area contributed by atoms with E-state index in [0.29, 0.717) is 0 Å². The third-order valence-electron chi connectivity index (χ3n) is 4.68. The van der Waals surface area contributed by atoms with Crippen molar-refractivity contribution >= 4 is 23.0 Å². The molecular formula is C19H23ClN2. The maximum absolute atomic E-state index is 6.24. The molecule has 0 fully saturated rings. The molecule has 0 bridgehead atoms. The quantitative estimate of drug-likeness (QED) is 0.800. The van der Waals surface area contributed by atoms with Crippen molar-refractivity contribution in [3.8, 4) is 0 Å². The van der Waals surface area contributed by atoms with E-state index in [1.54, 1.807) is 0 Å². The van der Waals surface area contributed by atoms with Crippen LogP contribution in [0.5, 0.6) is 0 Å². The first-order valence-corrected chi connectivity index (χ1v) is 8.32. The smallest absolute Gasteiger partial charge is 0.0429 e.